The lowest BCUT2D eigenvalue weighted by Gasteiger charge is -2.39. The van der Waals surface area contributed by atoms with E-state index in [-0.39, 0.29) is 34.1 Å². The second-order valence-corrected chi connectivity index (χ2v) is 12.7. The van der Waals surface area contributed by atoms with Crippen molar-refractivity contribution in [3.8, 4) is 0 Å². The highest BCUT2D eigenvalue weighted by molar-refractivity contribution is 6.43. The number of hydrogen-bond acceptors (Lipinski definition) is 3. The van der Waals surface area contributed by atoms with Gasteiger partial charge in [0.25, 0.3) is 11.8 Å². The molecule has 2 fully saturated rings. The van der Waals surface area contributed by atoms with E-state index in [9.17, 15) is 14.0 Å². The fourth-order valence-corrected chi connectivity index (χ4v) is 7.20. The number of rotatable bonds is 5. The van der Waals surface area contributed by atoms with Crippen molar-refractivity contribution >= 4 is 46.6 Å². The van der Waals surface area contributed by atoms with Gasteiger partial charge < -0.3 is 10.2 Å². The van der Waals surface area contributed by atoms with Gasteiger partial charge in [0.1, 0.15) is 5.82 Å². The van der Waals surface area contributed by atoms with Gasteiger partial charge in [-0.25, -0.2) is 4.39 Å². The number of amides is 2. The minimum atomic E-state index is -0.280. The van der Waals surface area contributed by atoms with Crippen LogP contribution in [0.2, 0.25) is 15.1 Å². The number of likely N-dealkylation sites (tertiary alicyclic amines) is 2. The topological polar surface area (TPSA) is 52.7 Å². The highest BCUT2D eigenvalue weighted by Gasteiger charge is 2.42. The first kappa shape index (κ1) is 28.5. The van der Waals surface area contributed by atoms with E-state index in [1.165, 1.54) is 6.07 Å². The Morgan fingerprint density at radius 1 is 0.951 bits per heavy atom. The molecule has 1 aliphatic carbocycles. The molecule has 3 aliphatic rings. The maximum atomic E-state index is 14.3. The lowest BCUT2D eigenvalue weighted by atomic mass is 9.77. The molecule has 3 aromatic carbocycles. The van der Waals surface area contributed by atoms with Gasteiger partial charge >= 0.3 is 0 Å². The summed E-state index contributed by atoms with van der Waals surface area (Å²) in [6, 6.07) is 15.5. The predicted octanol–water partition coefficient (Wildman–Crippen LogP) is 7.33. The molecule has 3 aromatic rings. The number of halogens is 4. The zero-order chi connectivity index (χ0) is 28.7. The molecular weight excluding hydrogens is 584 g/mol. The van der Waals surface area contributed by atoms with Crippen LogP contribution in [0.1, 0.15) is 69.1 Å². The Labute approximate surface area is 254 Å². The van der Waals surface area contributed by atoms with Crippen LogP contribution < -0.4 is 5.32 Å². The molecule has 1 N–H and O–H groups in total. The zero-order valence-electron chi connectivity index (χ0n) is 22.6. The molecule has 214 valence electrons. The Hall–Kier alpha value is -2.64. The molecule has 1 unspecified atom stereocenters. The summed E-state index contributed by atoms with van der Waals surface area (Å²) >= 11 is 18.6. The van der Waals surface area contributed by atoms with Crippen molar-refractivity contribution in [3.63, 3.8) is 0 Å². The molecule has 2 aliphatic heterocycles. The van der Waals surface area contributed by atoms with Crippen LogP contribution in [0.3, 0.4) is 0 Å². The normalized spacial score (nSPS) is 19.9. The van der Waals surface area contributed by atoms with Crippen LogP contribution in [0.15, 0.2) is 54.6 Å². The molecule has 0 saturated carbocycles. The Morgan fingerprint density at radius 2 is 1.68 bits per heavy atom. The number of carbonyl (C=O) groups excluding carboxylic acids is 2. The summed E-state index contributed by atoms with van der Waals surface area (Å²) in [5.74, 6) is -0.517. The summed E-state index contributed by atoms with van der Waals surface area (Å²) in [4.78, 5) is 30.8. The lowest BCUT2D eigenvalue weighted by molar-refractivity contribution is 0.0712. The number of nitrogens with zero attached hydrogens (tertiary/aromatic N) is 2. The van der Waals surface area contributed by atoms with Crippen molar-refractivity contribution in [3.05, 3.63) is 103 Å². The Balaban J connectivity index is 1.09. The van der Waals surface area contributed by atoms with Crippen molar-refractivity contribution in [1.29, 1.82) is 0 Å². The van der Waals surface area contributed by atoms with Crippen LogP contribution in [-0.4, -0.2) is 47.8 Å². The highest BCUT2D eigenvalue weighted by Crippen LogP contribution is 2.42. The summed E-state index contributed by atoms with van der Waals surface area (Å²) in [5, 5.41) is 4.12. The van der Waals surface area contributed by atoms with E-state index in [0.29, 0.717) is 33.3 Å². The number of piperidine rings is 1. The molecule has 6 rings (SSSR count). The molecule has 41 heavy (non-hydrogen) atoms. The number of carbonyl (C=O) groups is 2. The second kappa shape index (κ2) is 11.6. The third kappa shape index (κ3) is 5.72. The van der Waals surface area contributed by atoms with E-state index in [0.717, 1.165) is 69.4 Å². The Morgan fingerprint density at radius 3 is 2.46 bits per heavy atom. The highest BCUT2D eigenvalue weighted by atomic mass is 35.5. The largest absolute Gasteiger partial charge is 0.345 e. The smallest absolute Gasteiger partial charge is 0.253 e. The quantitative estimate of drug-likeness (QED) is 0.327. The number of aryl methyl sites for hydroxylation is 1. The molecule has 0 radical (unpaired) electrons. The number of benzene rings is 3. The van der Waals surface area contributed by atoms with Crippen molar-refractivity contribution in [2.75, 3.05) is 26.2 Å². The second-order valence-electron chi connectivity index (χ2n) is 11.5. The number of hydrogen-bond donors (Lipinski definition) is 1. The van der Waals surface area contributed by atoms with Crippen LogP contribution in [0.5, 0.6) is 0 Å². The SMILES string of the molecule is O=C(NC1CCc2ccc(C(=O)N3CCC4(CCN(Cc5c(F)cccc5Cl)CC4)C3)cc21)c1cccc(Cl)c1Cl. The molecule has 2 heterocycles. The summed E-state index contributed by atoms with van der Waals surface area (Å²) in [5.41, 5.74) is 3.75. The van der Waals surface area contributed by atoms with Gasteiger partial charge in [-0.15, -0.1) is 0 Å². The maximum absolute atomic E-state index is 14.3. The fraction of sp³-hybridized carbons (Fsp3) is 0.375. The third-order valence-electron chi connectivity index (χ3n) is 9.06. The first-order chi connectivity index (χ1) is 19.7. The molecule has 0 bridgehead atoms. The standard InChI is InChI=1S/C32H31Cl3FN3O2/c33-25-4-2-6-27(36)24(25)18-38-14-11-32(12-15-38)13-16-39(19-32)31(41)21-8-7-20-9-10-28(23(20)17-21)37-30(40)22-3-1-5-26(34)29(22)35/h1-8,17,28H,9-16,18-19H2,(H,37,40). The van der Waals surface area contributed by atoms with Crippen LogP contribution in [0.25, 0.3) is 0 Å². The molecule has 0 aromatic heterocycles. The predicted molar refractivity (Wildman–Crippen MR) is 160 cm³/mol. The Bertz CT molecular complexity index is 1490. The maximum Gasteiger partial charge on any atom is 0.253 e. The summed E-state index contributed by atoms with van der Waals surface area (Å²) in [6.45, 7) is 3.65. The minimum absolute atomic E-state index is 0.0279. The molecular formula is C32H31Cl3FN3O2. The molecule has 1 atom stereocenters. The monoisotopic (exact) mass is 613 g/mol. The van der Waals surface area contributed by atoms with E-state index in [1.807, 2.05) is 23.1 Å². The lowest BCUT2D eigenvalue weighted by Crippen LogP contribution is -2.42. The molecule has 2 amide bonds. The Kier molecular flexibility index (Phi) is 8.03. The summed E-state index contributed by atoms with van der Waals surface area (Å²) in [6.07, 6.45) is 4.50. The van der Waals surface area contributed by atoms with E-state index in [1.54, 1.807) is 30.3 Å². The first-order valence-corrected chi connectivity index (χ1v) is 15.2. The van der Waals surface area contributed by atoms with Gasteiger partial charge in [-0.1, -0.05) is 53.0 Å². The van der Waals surface area contributed by atoms with Gasteiger partial charge in [0.05, 0.1) is 21.7 Å². The van der Waals surface area contributed by atoms with Crippen LogP contribution >= 0.6 is 34.8 Å². The van der Waals surface area contributed by atoms with Gasteiger partial charge in [-0.3, -0.25) is 14.5 Å². The molecule has 1 spiro atoms. The van der Waals surface area contributed by atoms with Gasteiger partial charge in [0.2, 0.25) is 0 Å². The van der Waals surface area contributed by atoms with Gasteiger partial charge in [0, 0.05) is 35.8 Å². The number of fused-ring (bicyclic) bond motifs is 1. The van der Waals surface area contributed by atoms with Gasteiger partial charge in [0.15, 0.2) is 0 Å². The van der Waals surface area contributed by atoms with Crippen LogP contribution in [0, 0.1) is 11.2 Å². The van der Waals surface area contributed by atoms with Crippen molar-refractivity contribution in [2.24, 2.45) is 5.41 Å². The molecule has 2 saturated heterocycles. The van der Waals surface area contributed by atoms with E-state index in [4.69, 9.17) is 34.8 Å². The molecule has 9 heteroatoms. The minimum Gasteiger partial charge on any atom is -0.345 e. The van der Waals surface area contributed by atoms with Crippen molar-refractivity contribution in [2.45, 2.75) is 44.7 Å². The fourth-order valence-electron chi connectivity index (χ4n) is 6.59. The first-order valence-electron chi connectivity index (χ1n) is 14.1. The zero-order valence-corrected chi connectivity index (χ0v) is 24.8. The average molecular weight is 615 g/mol. The van der Waals surface area contributed by atoms with Gasteiger partial charge in [-0.2, -0.15) is 0 Å². The van der Waals surface area contributed by atoms with Crippen LogP contribution in [0.4, 0.5) is 4.39 Å². The van der Waals surface area contributed by atoms with Gasteiger partial charge in [-0.05, 0) is 98.1 Å². The van der Waals surface area contributed by atoms with E-state index < -0.39 is 0 Å². The average Bonchev–Trinajstić information content (AvgIpc) is 3.57. The molecule has 5 nitrogen and oxygen atoms in total. The van der Waals surface area contributed by atoms with Crippen molar-refractivity contribution < 1.29 is 14.0 Å². The van der Waals surface area contributed by atoms with Crippen molar-refractivity contribution in [1.82, 2.24) is 15.1 Å². The van der Waals surface area contributed by atoms with E-state index >= 15 is 0 Å². The number of nitrogens with one attached hydrogen (secondary N) is 1. The van der Waals surface area contributed by atoms with E-state index in [2.05, 4.69) is 10.2 Å². The summed E-state index contributed by atoms with van der Waals surface area (Å²) in [7, 11) is 0. The third-order valence-corrected chi connectivity index (χ3v) is 10.2. The van der Waals surface area contributed by atoms with Crippen LogP contribution in [-0.2, 0) is 13.0 Å². The summed E-state index contributed by atoms with van der Waals surface area (Å²) < 4.78 is 14.3.